The molecule has 0 aromatic heterocycles. The minimum Gasteiger partial charge on any atom is -0.482 e. The number of rotatable bonds is 6. The third-order valence-corrected chi connectivity index (χ3v) is 3.26. The highest BCUT2D eigenvalue weighted by Gasteiger charge is 2.15. The summed E-state index contributed by atoms with van der Waals surface area (Å²) in [5, 5.41) is 0.402. The van der Waals surface area contributed by atoms with Crippen LogP contribution in [-0.4, -0.2) is 24.5 Å². The molecule has 0 aliphatic carbocycles. The first-order valence-corrected chi connectivity index (χ1v) is 7.62. The summed E-state index contributed by atoms with van der Waals surface area (Å²) in [7, 11) is 0. The van der Waals surface area contributed by atoms with Crippen molar-refractivity contribution in [3.63, 3.8) is 0 Å². The molecule has 24 heavy (non-hydrogen) atoms. The van der Waals surface area contributed by atoms with Gasteiger partial charge in [0.05, 0.1) is 5.02 Å². The van der Waals surface area contributed by atoms with Gasteiger partial charge in [0.1, 0.15) is 11.5 Å². The minimum absolute atomic E-state index is 0.280. The number of carbonyl (C=O) groups is 2. The predicted molar refractivity (Wildman–Crippen MR) is 89.8 cm³/mol. The van der Waals surface area contributed by atoms with Crippen molar-refractivity contribution in [1.82, 2.24) is 10.9 Å². The molecule has 1 unspecified atom stereocenters. The number of amides is 2. The lowest BCUT2D eigenvalue weighted by Crippen LogP contribution is -2.48. The molecule has 126 valence electrons. The fraction of sp³-hybridized carbons (Fsp3) is 0.176. The van der Waals surface area contributed by atoms with Crippen LogP contribution in [0, 0.1) is 0 Å². The summed E-state index contributed by atoms with van der Waals surface area (Å²) in [6.07, 6.45) is -0.766. The Kier molecular flexibility index (Phi) is 6.45. The van der Waals surface area contributed by atoms with E-state index in [4.69, 9.17) is 21.1 Å². The van der Waals surface area contributed by atoms with E-state index in [1.807, 2.05) is 6.07 Å². The highest BCUT2D eigenvalue weighted by Crippen LogP contribution is 2.22. The minimum atomic E-state index is -0.766. The van der Waals surface area contributed by atoms with E-state index in [1.165, 1.54) is 0 Å². The average molecular weight is 349 g/mol. The highest BCUT2D eigenvalue weighted by molar-refractivity contribution is 6.32. The Bertz CT molecular complexity index is 694. The van der Waals surface area contributed by atoms with Gasteiger partial charge in [-0.2, -0.15) is 0 Å². The van der Waals surface area contributed by atoms with Gasteiger partial charge in [0.25, 0.3) is 11.8 Å². The zero-order chi connectivity index (χ0) is 17.4. The van der Waals surface area contributed by atoms with Gasteiger partial charge >= 0.3 is 0 Å². The third kappa shape index (κ3) is 5.48. The number of carbonyl (C=O) groups excluding carboxylic acids is 2. The molecule has 0 saturated heterocycles. The maximum absolute atomic E-state index is 11.9. The van der Waals surface area contributed by atoms with E-state index in [9.17, 15) is 9.59 Å². The molecule has 2 amide bonds. The maximum atomic E-state index is 11.9. The van der Waals surface area contributed by atoms with Gasteiger partial charge in [-0.05, 0) is 31.2 Å². The quantitative estimate of drug-likeness (QED) is 0.785. The number of hydrazine groups is 1. The van der Waals surface area contributed by atoms with E-state index < -0.39 is 17.9 Å². The Morgan fingerprint density at radius 2 is 1.71 bits per heavy atom. The first-order valence-electron chi connectivity index (χ1n) is 7.24. The van der Waals surface area contributed by atoms with E-state index >= 15 is 0 Å². The summed E-state index contributed by atoms with van der Waals surface area (Å²) in [4.78, 5) is 23.5. The van der Waals surface area contributed by atoms with Gasteiger partial charge in [-0.3, -0.25) is 20.4 Å². The molecule has 2 aromatic rings. The van der Waals surface area contributed by atoms with Crippen molar-refractivity contribution in [3.8, 4) is 11.5 Å². The van der Waals surface area contributed by atoms with Crippen LogP contribution in [0.2, 0.25) is 5.02 Å². The fourth-order valence-electron chi connectivity index (χ4n) is 1.73. The van der Waals surface area contributed by atoms with Crippen molar-refractivity contribution in [1.29, 1.82) is 0 Å². The number of hydrogen-bond donors (Lipinski definition) is 2. The number of benzene rings is 2. The van der Waals surface area contributed by atoms with E-state index in [-0.39, 0.29) is 6.61 Å². The molecule has 0 saturated carbocycles. The molecule has 2 aromatic carbocycles. The molecular weight excluding hydrogens is 332 g/mol. The molecule has 2 rings (SSSR count). The molecular formula is C17H17ClN2O4. The largest absolute Gasteiger partial charge is 0.482 e. The van der Waals surface area contributed by atoms with Gasteiger partial charge < -0.3 is 9.47 Å². The van der Waals surface area contributed by atoms with Gasteiger partial charge in [0.2, 0.25) is 0 Å². The summed E-state index contributed by atoms with van der Waals surface area (Å²) in [5.74, 6) is -0.0462. The second-order valence-electron chi connectivity index (χ2n) is 4.83. The summed E-state index contributed by atoms with van der Waals surface area (Å²) in [5.41, 5.74) is 4.53. The second-order valence-corrected chi connectivity index (χ2v) is 5.24. The van der Waals surface area contributed by atoms with E-state index in [2.05, 4.69) is 10.9 Å². The van der Waals surface area contributed by atoms with Gasteiger partial charge in [0, 0.05) is 0 Å². The van der Waals surface area contributed by atoms with Gasteiger partial charge in [-0.1, -0.05) is 41.9 Å². The van der Waals surface area contributed by atoms with Crippen LogP contribution in [0.3, 0.4) is 0 Å². The average Bonchev–Trinajstić information content (AvgIpc) is 2.59. The number of halogens is 1. The molecule has 0 radical (unpaired) electrons. The summed E-state index contributed by atoms with van der Waals surface area (Å²) < 4.78 is 10.7. The van der Waals surface area contributed by atoms with Crippen LogP contribution in [0.4, 0.5) is 0 Å². The van der Waals surface area contributed by atoms with E-state index in [0.29, 0.717) is 16.5 Å². The monoisotopic (exact) mass is 348 g/mol. The molecule has 2 N–H and O–H groups in total. The van der Waals surface area contributed by atoms with Crippen LogP contribution >= 0.6 is 11.6 Å². The molecule has 0 fully saturated rings. The molecule has 1 atom stereocenters. The Balaban J connectivity index is 1.73. The van der Waals surface area contributed by atoms with Gasteiger partial charge in [0.15, 0.2) is 12.7 Å². The number of para-hydroxylation sites is 2. The number of nitrogens with one attached hydrogen (secondary N) is 2. The zero-order valence-corrected chi connectivity index (χ0v) is 13.7. The molecule has 0 spiro atoms. The first kappa shape index (κ1) is 17.6. The second kappa shape index (κ2) is 8.79. The van der Waals surface area contributed by atoms with Crippen molar-refractivity contribution >= 4 is 23.4 Å². The van der Waals surface area contributed by atoms with Crippen LogP contribution in [0.1, 0.15) is 6.92 Å². The Morgan fingerprint density at radius 3 is 2.42 bits per heavy atom. The summed E-state index contributed by atoms with van der Waals surface area (Å²) >= 11 is 5.91. The standard InChI is InChI=1S/C17H17ClN2O4/c1-12(24-13-7-3-2-4-8-13)17(22)20-19-16(21)11-23-15-10-6-5-9-14(15)18/h2-10,12H,11H2,1H3,(H,19,21)(H,20,22). The van der Waals surface area contributed by atoms with Crippen LogP contribution < -0.4 is 20.3 Å². The summed E-state index contributed by atoms with van der Waals surface area (Å²) in [6.45, 7) is 1.30. The first-order chi connectivity index (χ1) is 11.6. The smallest absolute Gasteiger partial charge is 0.279 e. The topological polar surface area (TPSA) is 76.7 Å². The van der Waals surface area contributed by atoms with Crippen LogP contribution in [0.15, 0.2) is 54.6 Å². The lowest BCUT2D eigenvalue weighted by molar-refractivity contribution is -0.133. The normalized spacial score (nSPS) is 11.2. The Labute approximate surface area is 144 Å². The van der Waals surface area contributed by atoms with Crippen molar-refractivity contribution in [2.24, 2.45) is 0 Å². The zero-order valence-electron chi connectivity index (χ0n) is 13.0. The summed E-state index contributed by atoms with van der Waals surface area (Å²) in [6, 6.07) is 15.7. The van der Waals surface area contributed by atoms with Gasteiger partial charge in [-0.15, -0.1) is 0 Å². The lowest BCUT2D eigenvalue weighted by atomic mass is 10.3. The number of ether oxygens (including phenoxy) is 2. The van der Waals surface area contributed by atoms with Gasteiger partial charge in [-0.25, -0.2) is 0 Å². The van der Waals surface area contributed by atoms with Crippen LogP contribution in [0.5, 0.6) is 11.5 Å². The molecule has 0 aliphatic rings. The van der Waals surface area contributed by atoms with E-state index in [0.717, 1.165) is 0 Å². The Hall–Kier alpha value is -2.73. The molecule has 0 bridgehead atoms. The maximum Gasteiger partial charge on any atom is 0.279 e. The third-order valence-electron chi connectivity index (χ3n) is 2.95. The van der Waals surface area contributed by atoms with Crippen molar-refractivity contribution in [3.05, 3.63) is 59.6 Å². The molecule has 6 nitrogen and oxygen atoms in total. The van der Waals surface area contributed by atoms with Crippen molar-refractivity contribution in [2.45, 2.75) is 13.0 Å². The van der Waals surface area contributed by atoms with Crippen LogP contribution in [-0.2, 0) is 9.59 Å². The lowest BCUT2D eigenvalue weighted by Gasteiger charge is -2.15. The van der Waals surface area contributed by atoms with E-state index in [1.54, 1.807) is 55.5 Å². The highest BCUT2D eigenvalue weighted by atomic mass is 35.5. The van der Waals surface area contributed by atoms with Crippen LogP contribution in [0.25, 0.3) is 0 Å². The number of hydrogen-bond acceptors (Lipinski definition) is 4. The SMILES string of the molecule is CC(Oc1ccccc1)C(=O)NNC(=O)COc1ccccc1Cl. The fourth-order valence-corrected chi connectivity index (χ4v) is 1.92. The molecule has 7 heteroatoms. The van der Waals surface area contributed by atoms with Crippen molar-refractivity contribution in [2.75, 3.05) is 6.61 Å². The van der Waals surface area contributed by atoms with Crippen molar-refractivity contribution < 1.29 is 19.1 Å². The molecule has 0 heterocycles. The predicted octanol–water partition coefficient (Wildman–Crippen LogP) is 2.33. The Morgan fingerprint density at radius 1 is 1.04 bits per heavy atom. The molecule has 0 aliphatic heterocycles.